The molecule has 5 aromatic rings. The number of carboxylic acids is 1. The number of carbonyl (C=O) groups is 1. The third-order valence-electron chi connectivity index (χ3n) is 6.07. The number of ether oxygens (including phenoxy) is 2. The van der Waals surface area contributed by atoms with E-state index in [0.717, 1.165) is 50.5 Å². The van der Waals surface area contributed by atoms with E-state index in [2.05, 4.69) is 12.1 Å². The molecule has 184 valence electrons. The summed E-state index contributed by atoms with van der Waals surface area (Å²) in [6, 6.07) is 35.7. The number of hydrogen-bond acceptors (Lipinski definition) is 4. The van der Waals surface area contributed by atoms with Crippen molar-refractivity contribution in [2.24, 2.45) is 0 Å². The van der Waals surface area contributed by atoms with Crippen LogP contribution in [0.15, 0.2) is 114 Å². The Morgan fingerprint density at radius 3 is 2.03 bits per heavy atom. The molecule has 0 bridgehead atoms. The average Bonchev–Trinajstić information content (AvgIpc) is 3.32. The Bertz CT molecular complexity index is 1500. The van der Waals surface area contributed by atoms with Crippen LogP contribution in [0.25, 0.3) is 44.9 Å². The van der Waals surface area contributed by atoms with Gasteiger partial charge in [0.2, 0.25) is 0 Å². The van der Waals surface area contributed by atoms with Crippen molar-refractivity contribution in [3.8, 4) is 50.7 Å². The van der Waals surface area contributed by atoms with Gasteiger partial charge in [0, 0.05) is 29.4 Å². The molecule has 0 spiro atoms. The molecule has 0 aliphatic heterocycles. The zero-order chi connectivity index (χ0) is 25.6. The van der Waals surface area contributed by atoms with Crippen LogP contribution in [0.4, 0.5) is 0 Å². The maximum atomic E-state index is 11.0. The molecule has 0 amide bonds. The van der Waals surface area contributed by atoms with Gasteiger partial charge in [0.25, 0.3) is 0 Å². The molecule has 5 rings (SSSR count). The normalized spacial score (nSPS) is 10.8. The van der Waals surface area contributed by atoms with Gasteiger partial charge < -0.3 is 19.0 Å². The largest absolute Gasteiger partial charge is 0.482 e. The fraction of sp³-hybridized carbons (Fsp3) is 0.0938. The number of hydrogen-bond donors (Lipinski definition) is 1. The van der Waals surface area contributed by atoms with Crippen LogP contribution in [0.5, 0.6) is 5.75 Å². The number of benzene rings is 4. The lowest BCUT2D eigenvalue weighted by atomic mass is 9.93. The van der Waals surface area contributed by atoms with Crippen molar-refractivity contribution >= 4 is 5.97 Å². The summed E-state index contributed by atoms with van der Waals surface area (Å²) in [4.78, 5) is 11.0. The molecule has 0 saturated carbocycles. The summed E-state index contributed by atoms with van der Waals surface area (Å²) in [5.41, 5.74) is 6.71. The van der Waals surface area contributed by atoms with E-state index in [0.29, 0.717) is 12.4 Å². The van der Waals surface area contributed by atoms with Crippen molar-refractivity contribution in [2.45, 2.75) is 6.61 Å². The van der Waals surface area contributed by atoms with Crippen LogP contribution >= 0.6 is 0 Å². The second kappa shape index (κ2) is 11.0. The predicted octanol–water partition coefficient (Wildman–Crippen LogP) is 7.56. The highest BCUT2D eigenvalue weighted by atomic mass is 16.5. The first kappa shape index (κ1) is 24.1. The number of methoxy groups -OCH3 is 1. The quantitative estimate of drug-likeness (QED) is 0.231. The van der Waals surface area contributed by atoms with E-state index in [1.54, 1.807) is 13.2 Å². The maximum absolute atomic E-state index is 11.0. The van der Waals surface area contributed by atoms with Gasteiger partial charge in [0.1, 0.15) is 17.3 Å². The van der Waals surface area contributed by atoms with Gasteiger partial charge >= 0.3 is 5.97 Å². The fourth-order valence-electron chi connectivity index (χ4n) is 4.50. The molecule has 1 N–H and O–H groups in total. The fourth-order valence-corrected chi connectivity index (χ4v) is 4.50. The number of furan rings is 1. The van der Waals surface area contributed by atoms with Crippen molar-refractivity contribution in [3.05, 3.63) is 115 Å². The summed E-state index contributed by atoms with van der Waals surface area (Å²) >= 11 is 0. The summed E-state index contributed by atoms with van der Waals surface area (Å²) in [7, 11) is 1.68. The lowest BCUT2D eigenvalue weighted by molar-refractivity contribution is -0.139. The van der Waals surface area contributed by atoms with E-state index in [1.807, 2.05) is 91.0 Å². The van der Waals surface area contributed by atoms with Crippen LogP contribution < -0.4 is 4.74 Å². The van der Waals surface area contributed by atoms with Crippen molar-refractivity contribution in [1.29, 1.82) is 0 Å². The molecule has 1 heterocycles. The summed E-state index contributed by atoms with van der Waals surface area (Å²) in [5, 5.41) is 9.00. The minimum absolute atomic E-state index is 0.367. The first-order valence-corrected chi connectivity index (χ1v) is 12.0. The summed E-state index contributed by atoms with van der Waals surface area (Å²) in [5.74, 6) is 0.975. The molecule has 5 heteroatoms. The summed E-state index contributed by atoms with van der Waals surface area (Å²) in [6.45, 7) is -0.0336. The van der Waals surface area contributed by atoms with Crippen LogP contribution in [0.2, 0.25) is 0 Å². The van der Waals surface area contributed by atoms with E-state index >= 15 is 0 Å². The average molecular weight is 491 g/mol. The molecule has 0 atom stereocenters. The Balaban J connectivity index is 1.71. The van der Waals surface area contributed by atoms with Gasteiger partial charge in [0.15, 0.2) is 6.61 Å². The van der Waals surface area contributed by atoms with E-state index in [1.165, 1.54) is 0 Å². The molecular formula is C32H26O5. The van der Waals surface area contributed by atoms with Gasteiger partial charge in [-0.05, 0) is 28.8 Å². The predicted molar refractivity (Wildman–Crippen MR) is 144 cm³/mol. The highest BCUT2D eigenvalue weighted by Crippen LogP contribution is 2.46. The van der Waals surface area contributed by atoms with Crippen LogP contribution in [0.3, 0.4) is 0 Å². The first-order chi connectivity index (χ1) is 18.2. The molecule has 0 aliphatic carbocycles. The Hall–Kier alpha value is -4.61. The third-order valence-corrected chi connectivity index (χ3v) is 6.07. The molecule has 0 saturated heterocycles. The summed E-state index contributed by atoms with van der Waals surface area (Å²) in [6.07, 6.45) is 0. The Kier molecular flexibility index (Phi) is 7.15. The van der Waals surface area contributed by atoms with Gasteiger partial charge in [-0.2, -0.15) is 0 Å². The zero-order valence-electron chi connectivity index (χ0n) is 20.4. The van der Waals surface area contributed by atoms with Gasteiger partial charge in [0.05, 0.1) is 6.61 Å². The van der Waals surface area contributed by atoms with Gasteiger partial charge in [-0.15, -0.1) is 0 Å². The van der Waals surface area contributed by atoms with Gasteiger partial charge in [-0.3, -0.25) is 0 Å². The highest BCUT2D eigenvalue weighted by Gasteiger charge is 2.25. The number of aliphatic carboxylic acids is 1. The SMILES string of the molecule is COCc1c(-c2ccccc2-c2cccc(OCC(=O)O)c2)oc(-c2ccccc2)c1-c1ccccc1. The molecule has 5 nitrogen and oxygen atoms in total. The van der Waals surface area contributed by atoms with E-state index in [4.69, 9.17) is 19.0 Å². The highest BCUT2D eigenvalue weighted by molar-refractivity contribution is 5.91. The van der Waals surface area contributed by atoms with E-state index in [9.17, 15) is 4.79 Å². The van der Waals surface area contributed by atoms with Crippen LogP contribution in [-0.4, -0.2) is 24.8 Å². The smallest absolute Gasteiger partial charge is 0.341 e. The Morgan fingerprint density at radius 1 is 0.730 bits per heavy atom. The summed E-state index contributed by atoms with van der Waals surface area (Å²) < 4.78 is 17.8. The second-order valence-electron chi connectivity index (χ2n) is 8.53. The minimum atomic E-state index is -1.02. The maximum Gasteiger partial charge on any atom is 0.341 e. The minimum Gasteiger partial charge on any atom is -0.482 e. The van der Waals surface area contributed by atoms with E-state index < -0.39 is 12.6 Å². The monoisotopic (exact) mass is 490 g/mol. The molecule has 0 aliphatic rings. The van der Waals surface area contributed by atoms with Crippen molar-refractivity contribution in [1.82, 2.24) is 0 Å². The second-order valence-corrected chi connectivity index (χ2v) is 8.53. The van der Waals surface area contributed by atoms with Gasteiger partial charge in [-0.1, -0.05) is 97.1 Å². The topological polar surface area (TPSA) is 68.9 Å². The molecule has 4 aromatic carbocycles. The van der Waals surface area contributed by atoms with Crippen molar-refractivity contribution < 1.29 is 23.8 Å². The lowest BCUT2D eigenvalue weighted by Gasteiger charge is -2.12. The third kappa shape index (κ3) is 5.17. The zero-order valence-corrected chi connectivity index (χ0v) is 20.4. The number of carboxylic acid groups (broad SMARTS) is 1. The Labute approximate surface area is 215 Å². The molecule has 1 aromatic heterocycles. The lowest BCUT2D eigenvalue weighted by Crippen LogP contribution is -2.09. The molecular weight excluding hydrogens is 464 g/mol. The van der Waals surface area contributed by atoms with Gasteiger partial charge in [-0.25, -0.2) is 4.79 Å². The standard InChI is InChI=1S/C32H26O5/c1-35-20-28-30(22-11-4-2-5-12-22)31(23-13-6-3-7-14-23)37-32(28)27-18-9-8-17-26(27)24-15-10-16-25(19-24)36-21-29(33)34/h2-19H,20-21H2,1H3,(H,33,34). The van der Waals surface area contributed by atoms with Crippen LogP contribution in [0.1, 0.15) is 5.56 Å². The number of rotatable bonds is 9. The van der Waals surface area contributed by atoms with Crippen LogP contribution in [-0.2, 0) is 16.1 Å². The first-order valence-electron chi connectivity index (χ1n) is 12.0. The van der Waals surface area contributed by atoms with Crippen LogP contribution in [0, 0.1) is 0 Å². The molecule has 0 radical (unpaired) electrons. The van der Waals surface area contributed by atoms with E-state index in [-0.39, 0.29) is 0 Å². The molecule has 37 heavy (non-hydrogen) atoms. The van der Waals surface area contributed by atoms with Crippen molar-refractivity contribution in [2.75, 3.05) is 13.7 Å². The molecule has 0 fully saturated rings. The molecule has 0 unspecified atom stereocenters. The van der Waals surface area contributed by atoms with Crippen molar-refractivity contribution in [3.63, 3.8) is 0 Å². The Morgan fingerprint density at radius 2 is 1.35 bits per heavy atom.